The molecule has 1 amide bonds. The normalized spacial score (nSPS) is 27.6. The van der Waals surface area contributed by atoms with Gasteiger partial charge in [0.2, 0.25) is 5.89 Å². The maximum Gasteiger partial charge on any atom is 0.287 e. The number of carbonyl (C=O) groups excluding carboxylic acids is 1. The first kappa shape index (κ1) is 17.8. The van der Waals surface area contributed by atoms with E-state index >= 15 is 0 Å². The lowest BCUT2D eigenvalue weighted by Crippen LogP contribution is -2.76. The molecule has 1 atom stereocenters. The molecule has 28 heavy (non-hydrogen) atoms. The van der Waals surface area contributed by atoms with Crippen LogP contribution in [0.2, 0.25) is 5.02 Å². The van der Waals surface area contributed by atoms with Crippen LogP contribution in [0, 0.1) is 4.78 Å². The van der Waals surface area contributed by atoms with Gasteiger partial charge < -0.3 is 14.2 Å². The summed E-state index contributed by atoms with van der Waals surface area (Å²) in [5.41, 5.74) is 1.09. The van der Waals surface area contributed by atoms with Crippen LogP contribution >= 0.6 is 11.6 Å². The maximum absolute atomic E-state index is 12.5. The topological polar surface area (TPSA) is 109 Å². The number of oxazole rings is 1. The lowest BCUT2D eigenvalue weighted by atomic mass is 9.39. The Balaban J connectivity index is 1.26. The molecule has 3 aliphatic rings. The summed E-state index contributed by atoms with van der Waals surface area (Å²) < 4.78 is 30.4. The minimum Gasteiger partial charge on any atom is -0.455 e. The second-order valence-corrected chi connectivity index (χ2v) is 10.8. The van der Waals surface area contributed by atoms with Gasteiger partial charge in [-0.1, -0.05) is 11.6 Å². The highest BCUT2D eigenvalue weighted by molar-refractivity contribution is 7.90. The van der Waals surface area contributed by atoms with Crippen LogP contribution < -0.4 is 5.32 Å². The van der Waals surface area contributed by atoms with Crippen LogP contribution in [-0.4, -0.2) is 26.9 Å². The first-order valence-electron chi connectivity index (χ1n) is 8.85. The Bertz CT molecular complexity index is 1210. The smallest absolute Gasteiger partial charge is 0.287 e. The van der Waals surface area contributed by atoms with Crippen LogP contribution in [0.5, 0.6) is 0 Å². The maximum atomic E-state index is 12.5. The second kappa shape index (κ2) is 5.61. The lowest BCUT2D eigenvalue weighted by molar-refractivity contribution is -0.0958. The number of halogens is 1. The minimum atomic E-state index is -2.71. The Kier molecular flexibility index (Phi) is 3.56. The van der Waals surface area contributed by atoms with Crippen molar-refractivity contribution in [3.8, 4) is 0 Å². The fourth-order valence-electron chi connectivity index (χ4n) is 4.42. The van der Waals surface area contributed by atoms with Crippen molar-refractivity contribution >= 4 is 38.3 Å². The molecule has 3 fully saturated rings. The van der Waals surface area contributed by atoms with E-state index in [-0.39, 0.29) is 28.4 Å². The summed E-state index contributed by atoms with van der Waals surface area (Å²) in [4.78, 5) is 17.1. The van der Waals surface area contributed by atoms with Crippen molar-refractivity contribution in [3.05, 3.63) is 52.8 Å². The zero-order valence-corrected chi connectivity index (χ0v) is 16.7. The largest absolute Gasteiger partial charge is 0.455 e. The van der Waals surface area contributed by atoms with E-state index in [1.165, 1.54) is 6.26 Å². The number of nitrogens with zero attached hydrogens (tertiary/aromatic N) is 1. The third-order valence-corrected chi connectivity index (χ3v) is 6.59. The predicted molar refractivity (Wildman–Crippen MR) is 104 cm³/mol. The SMILES string of the molecule is CS(=N)(=O)Cc1ccc(C(=O)NC23CC(c4nc5ccc(Cl)cc5o4)(C2)C3)o1. The molecule has 0 aliphatic heterocycles. The third kappa shape index (κ3) is 2.82. The average molecular weight is 420 g/mol. The summed E-state index contributed by atoms with van der Waals surface area (Å²) in [6.07, 6.45) is 3.66. The highest BCUT2D eigenvalue weighted by atomic mass is 35.5. The number of fused-ring (bicyclic) bond motifs is 1. The highest BCUT2D eigenvalue weighted by Crippen LogP contribution is 2.67. The van der Waals surface area contributed by atoms with Crippen molar-refractivity contribution in [2.45, 2.75) is 36.0 Å². The monoisotopic (exact) mass is 419 g/mol. The van der Waals surface area contributed by atoms with Crippen molar-refractivity contribution in [1.29, 1.82) is 4.78 Å². The van der Waals surface area contributed by atoms with Gasteiger partial charge in [-0.25, -0.2) is 9.19 Å². The van der Waals surface area contributed by atoms with E-state index in [0.29, 0.717) is 22.3 Å². The molecule has 9 heteroatoms. The number of furan rings is 1. The van der Waals surface area contributed by atoms with Crippen molar-refractivity contribution in [1.82, 2.24) is 10.3 Å². The van der Waals surface area contributed by atoms with Gasteiger partial charge in [0.1, 0.15) is 11.3 Å². The zero-order valence-electron chi connectivity index (χ0n) is 15.1. The fourth-order valence-corrected chi connectivity index (χ4v) is 5.28. The molecule has 1 unspecified atom stereocenters. The molecular weight excluding hydrogens is 402 g/mol. The number of aromatic nitrogens is 1. The van der Waals surface area contributed by atoms with E-state index < -0.39 is 9.73 Å². The summed E-state index contributed by atoms with van der Waals surface area (Å²) in [5.74, 6) is 0.961. The Labute approximate surface area is 166 Å². The van der Waals surface area contributed by atoms with E-state index in [1.54, 1.807) is 24.3 Å². The van der Waals surface area contributed by atoms with Crippen LogP contribution in [0.3, 0.4) is 0 Å². The molecule has 7 nitrogen and oxygen atoms in total. The molecule has 2 bridgehead atoms. The van der Waals surface area contributed by atoms with Gasteiger partial charge in [-0.2, -0.15) is 0 Å². The van der Waals surface area contributed by atoms with Gasteiger partial charge in [0.15, 0.2) is 11.3 Å². The molecule has 3 aliphatic carbocycles. The molecule has 3 aromatic rings. The van der Waals surface area contributed by atoms with Gasteiger partial charge in [-0.3, -0.25) is 9.57 Å². The van der Waals surface area contributed by atoms with Crippen molar-refractivity contribution < 1.29 is 17.8 Å². The molecule has 2 aromatic heterocycles. The number of hydrogen-bond donors (Lipinski definition) is 2. The predicted octanol–water partition coefficient (Wildman–Crippen LogP) is 3.85. The van der Waals surface area contributed by atoms with E-state index in [1.807, 2.05) is 6.07 Å². The molecule has 0 radical (unpaired) electrons. The summed E-state index contributed by atoms with van der Waals surface area (Å²) >= 11 is 6.00. The molecule has 2 heterocycles. The molecule has 146 valence electrons. The van der Waals surface area contributed by atoms with Gasteiger partial charge in [-0.05, 0) is 43.5 Å². The number of hydrogen-bond acceptors (Lipinski definition) is 6. The van der Waals surface area contributed by atoms with Crippen LogP contribution in [-0.2, 0) is 20.9 Å². The number of nitrogens with one attached hydrogen (secondary N) is 2. The van der Waals surface area contributed by atoms with E-state index in [2.05, 4.69) is 10.3 Å². The first-order chi connectivity index (χ1) is 13.2. The number of carbonyl (C=O) groups is 1. The Hall–Kier alpha value is -2.32. The number of amides is 1. The third-order valence-electron chi connectivity index (χ3n) is 5.52. The average Bonchev–Trinajstić information content (AvgIpc) is 3.13. The standard InChI is InChI=1S/C19H18ClN3O4S/c1-28(21,25)7-12-3-5-14(26-12)16(24)23-19-8-18(9-19,10-19)17-22-13-4-2-11(20)6-15(13)27-17/h2-6,21H,7-10H2,1H3,(H,23,24). The van der Waals surface area contributed by atoms with Gasteiger partial charge >= 0.3 is 0 Å². The molecule has 1 aromatic carbocycles. The first-order valence-corrected chi connectivity index (χ1v) is 11.4. The second-order valence-electron chi connectivity index (χ2n) is 8.09. The molecule has 6 rings (SSSR count). The fraction of sp³-hybridized carbons (Fsp3) is 0.368. The van der Waals surface area contributed by atoms with Gasteiger partial charge in [-0.15, -0.1) is 0 Å². The van der Waals surface area contributed by atoms with Gasteiger partial charge in [0.05, 0.1) is 11.2 Å². The van der Waals surface area contributed by atoms with E-state index in [9.17, 15) is 9.00 Å². The van der Waals surface area contributed by atoms with Gasteiger partial charge in [0.25, 0.3) is 5.91 Å². The highest BCUT2D eigenvalue weighted by Gasteiger charge is 2.71. The molecule has 0 saturated heterocycles. The van der Waals surface area contributed by atoms with E-state index in [0.717, 1.165) is 24.8 Å². The molecule has 3 saturated carbocycles. The minimum absolute atomic E-state index is 0.00370. The summed E-state index contributed by atoms with van der Waals surface area (Å²) in [7, 11) is -2.71. The molecule has 2 N–H and O–H groups in total. The van der Waals surface area contributed by atoms with Crippen LogP contribution in [0.4, 0.5) is 0 Å². The van der Waals surface area contributed by atoms with Crippen molar-refractivity contribution in [2.75, 3.05) is 6.26 Å². The van der Waals surface area contributed by atoms with E-state index in [4.69, 9.17) is 25.2 Å². The molecular formula is C19H18ClN3O4S. The van der Waals surface area contributed by atoms with Crippen LogP contribution in [0.15, 0.2) is 39.2 Å². The summed E-state index contributed by atoms with van der Waals surface area (Å²) in [5, 5.41) is 3.66. The molecule has 0 spiro atoms. The Morgan fingerprint density at radius 3 is 2.75 bits per heavy atom. The van der Waals surface area contributed by atoms with Crippen LogP contribution in [0.25, 0.3) is 11.1 Å². The van der Waals surface area contributed by atoms with Crippen molar-refractivity contribution in [2.24, 2.45) is 0 Å². The summed E-state index contributed by atoms with van der Waals surface area (Å²) in [6, 6.07) is 8.54. The van der Waals surface area contributed by atoms with Gasteiger partial charge in [0, 0.05) is 32.6 Å². The number of benzene rings is 1. The zero-order chi connectivity index (χ0) is 19.7. The Morgan fingerprint density at radius 1 is 1.29 bits per heavy atom. The Morgan fingerprint density at radius 2 is 2.04 bits per heavy atom. The number of rotatable bonds is 5. The lowest BCUT2D eigenvalue weighted by Gasteiger charge is -2.68. The summed E-state index contributed by atoms with van der Waals surface area (Å²) in [6.45, 7) is 0. The van der Waals surface area contributed by atoms with Crippen LogP contribution in [0.1, 0.15) is 41.5 Å². The van der Waals surface area contributed by atoms with Crippen molar-refractivity contribution in [3.63, 3.8) is 0 Å². The quantitative estimate of drug-likeness (QED) is 0.652.